The zero-order chi connectivity index (χ0) is 37.2. The number of furan rings is 1. The fourth-order valence-corrected chi connectivity index (χ4v) is 10.5. The van der Waals surface area contributed by atoms with Gasteiger partial charge in [0.1, 0.15) is 11.2 Å². The summed E-state index contributed by atoms with van der Waals surface area (Å²) in [5.41, 5.74) is 8.96. The normalized spacial score (nSPS) is 12.2. The number of rotatable bonds is 3. The van der Waals surface area contributed by atoms with Crippen molar-refractivity contribution in [2.45, 2.75) is 0 Å². The van der Waals surface area contributed by atoms with E-state index in [1.54, 1.807) is 0 Å². The van der Waals surface area contributed by atoms with Crippen molar-refractivity contribution in [1.82, 2.24) is 14.5 Å². The Labute approximate surface area is 329 Å². The molecule has 0 saturated heterocycles. The van der Waals surface area contributed by atoms with Crippen LogP contribution < -0.4 is 0 Å². The quantitative estimate of drug-likeness (QED) is 0.181. The second-order valence-electron chi connectivity index (χ2n) is 14.9. The van der Waals surface area contributed by atoms with Crippen molar-refractivity contribution in [1.29, 1.82) is 0 Å². The maximum atomic E-state index is 6.55. The maximum Gasteiger partial charge on any atom is 0.161 e. The highest BCUT2D eigenvalue weighted by molar-refractivity contribution is 7.26. The maximum absolute atomic E-state index is 6.55. The Kier molecular flexibility index (Phi) is 6.29. The zero-order valence-corrected chi connectivity index (χ0v) is 31.2. The molecule has 0 fully saturated rings. The van der Waals surface area contributed by atoms with Crippen LogP contribution in [0.5, 0.6) is 0 Å². The Morgan fingerprint density at radius 2 is 1.14 bits per heavy atom. The molecule has 0 atom stereocenters. The van der Waals surface area contributed by atoms with Gasteiger partial charge in [-0.1, -0.05) is 127 Å². The molecule has 13 aromatic rings. The van der Waals surface area contributed by atoms with E-state index in [0.29, 0.717) is 5.82 Å². The molecule has 4 heterocycles. The van der Waals surface area contributed by atoms with Gasteiger partial charge in [0.05, 0.1) is 22.2 Å². The first-order valence-electron chi connectivity index (χ1n) is 19.2. The van der Waals surface area contributed by atoms with Gasteiger partial charge in [-0.15, -0.1) is 11.3 Å². The summed E-state index contributed by atoms with van der Waals surface area (Å²) >= 11 is 1.81. The predicted octanol–water partition coefficient (Wildman–Crippen LogP) is 14.6. The molecule has 0 radical (unpaired) electrons. The molecule has 0 bridgehead atoms. The van der Waals surface area contributed by atoms with E-state index in [1.807, 2.05) is 23.5 Å². The van der Waals surface area contributed by atoms with Crippen LogP contribution in [0.2, 0.25) is 0 Å². The largest absolute Gasteiger partial charge is 0.456 e. The molecule has 4 nitrogen and oxygen atoms in total. The molecule has 0 aliphatic carbocycles. The van der Waals surface area contributed by atoms with Gasteiger partial charge in [-0.25, -0.2) is 9.97 Å². The molecule has 0 unspecified atom stereocenters. The minimum Gasteiger partial charge on any atom is -0.456 e. The lowest BCUT2D eigenvalue weighted by atomic mass is 9.95. The van der Waals surface area contributed by atoms with Gasteiger partial charge in [-0.2, -0.15) is 0 Å². The van der Waals surface area contributed by atoms with Crippen LogP contribution in [0.3, 0.4) is 0 Å². The minimum atomic E-state index is 0.696. The van der Waals surface area contributed by atoms with Gasteiger partial charge in [0.25, 0.3) is 0 Å². The molecule has 0 N–H and O–H groups in total. The number of aromatic nitrogens is 3. The summed E-state index contributed by atoms with van der Waals surface area (Å²) < 4.78 is 11.4. The van der Waals surface area contributed by atoms with E-state index in [0.717, 1.165) is 66.1 Å². The summed E-state index contributed by atoms with van der Waals surface area (Å²) in [5.74, 6) is 0.696. The van der Waals surface area contributed by atoms with Gasteiger partial charge in [0.2, 0.25) is 0 Å². The molecule has 5 heteroatoms. The number of fused-ring (bicyclic) bond motifs is 14. The van der Waals surface area contributed by atoms with Crippen LogP contribution in [0.1, 0.15) is 0 Å². The summed E-state index contributed by atoms with van der Waals surface area (Å²) in [4.78, 5) is 11.0. The fourth-order valence-electron chi connectivity index (χ4n) is 9.31. The zero-order valence-electron chi connectivity index (χ0n) is 30.4. The van der Waals surface area contributed by atoms with Gasteiger partial charge >= 0.3 is 0 Å². The van der Waals surface area contributed by atoms with E-state index in [4.69, 9.17) is 14.4 Å². The van der Waals surface area contributed by atoms with Crippen molar-refractivity contribution in [2.75, 3.05) is 0 Å². The smallest absolute Gasteiger partial charge is 0.161 e. The highest BCUT2D eigenvalue weighted by atomic mass is 32.1. The van der Waals surface area contributed by atoms with E-state index < -0.39 is 0 Å². The molecule has 57 heavy (non-hydrogen) atoms. The standard InChI is InChI=1S/C52H29N3OS/c1-2-14-32-30(13-1)25-26-44-48(32)37-19-6-10-22-43(37)55(44)31-27-40-34-16-8-12-24-47(34)57-51(40)41(28-31)52-53-42-21-9-5-18-36(42)50(54-52)39-29-46-49(35-17-4-3-15-33(35)39)38-20-7-11-23-45(38)56-46/h1-29H. The molecule has 0 saturated carbocycles. The number of thiophene rings is 1. The average molecular weight is 744 g/mol. The van der Waals surface area contributed by atoms with Crippen LogP contribution >= 0.6 is 11.3 Å². The van der Waals surface area contributed by atoms with E-state index in [1.165, 1.54) is 52.8 Å². The van der Waals surface area contributed by atoms with Crippen molar-refractivity contribution in [3.05, 3.63) is 176 Å². The van der Waals surface area contributed by atoms with Crippen LogP contribution in [0.15, 0.2) is 180 Å². The lowest BCUT2D eigenvalue weighted by Crippen LogP contribution is -1.99. The molecular formula is C52H29N3OS. The Morgan fingerprint density at radius 3 is 2.04 bits per heavy atom. The van der Waals surface area contributed by atoms with Gasteiger partial charge < -0.3 is 8.98 Å². The molecule has 0 spiro atoms. The number of nitrogens with zero attached hydrogens (tertiary/aromatic N) is 3. The van der Waals surface area contributed by atoms with E-state index >= 15 is 0 Å². The summed E-state index contributed by atoms with van der Waals surface area (Å²) in [7, 11) is 0. The van der Waals surface area contributed by atoms with Crippen LogP contribution in [-0.4, -0.2) is 14.5 Å². The third-order valence-corrected chi connectivity index (χ3v) is 13.0. The van der Waals surface area contributed by atoms with Crippen molar-refractivity contribution >= 4 is 108 Å². The van der Waals surface area contributed by atoms with Gasteiger partial charge in [-0.05, 0) is 70.1 Å². The van der Waals surface area contributed by atoms with Crippen molar-refractivity contribution in [2.24, 2.45) is 0 Å². The lowest BCUT2D eigenvalue weighted by Gasteiger charge is -2.14. The van der Waals surface area contributed by atoms with Crippen molar-refractivity contribution < 1.29 is 4.42 Å². The van der Waals surface area contributed by atoms with Gasteiger partial charge in [0, 0.05) is 63.9 Å². The van der Waals surface area contributed by atoms with E-state index in [9.17, 15) is 0 Å². The van der Waals surface area contributed by atoms with Crippen LogP contribution in [0.4, 0.5) is 0 Å². The topological polar surface area (TPSA) is 43.9 Å². The SMILES string of the molecule is c1ccc2c(c1)ccc1c2c2ccccc2n1-c1cc(-c2nc(-c3cc4oc5ccccc5c4c4ccccc34)c3ccccc3n2)c2sc3ccccc3c2c1. The Hall–Kier alpha value is -7.34. The van der Waals surface area contributed by atoms with Crippen LogP contribution in [0.25, 0.3) is 125 Å². The average Bonchev–Trinajstić information content (AvgIpc) is 3.95. The van der Waals surface area contributed by atoms with E-state index in [2.05, 4.69) is 168 Å². The van der Waals surface area contributed by atoms with Gasteiger partial charge in [-0.3, -0.25) is 0 Å². The molecule has 264 valence electrons. The number of hydrogen-bond donors (Lipinski definition) is 0. The Morgan fingerprint density at radius 1 is 0.439 bits per heavy atom. The highest BCUT2D eigenvalue weighted by Gasteiger charge is 2.22. The number of benzene rings is 9. The molecule has 0 amide bonds. The molecular weight excluding hydrogens is 715 g/mol. The summed E-state index contributed by atoms with van der Waals surface area (Å²) in [6.45, 7) is 0. The van der Waals surface area contributed by atoms with Gasteiger partial charge in [0.15, 0.2) is 5.82 Å². The lowest BCUT2D eigenvalue weighted by molar-refractivity contribution is 0.669. The van der Waals surface area contributed by atoms with Crippen LogP contribution in [-0.2, 0) is 0 Å². The summed E-state index contributed by atoms with van der Waals surface area (Å²) in [6, 6.07) is 62.9. The van der Waals surface area contributed by atoms with E-state index in [-0.39, 0.29) is 0 Å². The molecule has 0 aliphatic heterocycles. The number of para-hydroxylation sites is 3. The van der Waals surface area contributed by atoms with Crippen molar-refractivity contribution in [3.63, 3.8) is 0 Å². The summed E-state index contributed by atoms with van der Waals surface area (Å²) in [6.07, 6.45) is 0. The number of hydrogen-bond acceptors (Lipinski definition) is 4. The molecule has 4 aromatic heterocycles. The first-order valence-corrected chi connectivity index (χ1v) is 20.1. The fraction of sp³-hybridized carbons (Fsp3) is 0. The highest BCUT2D eigenvalue weighted by Crippen LogP contribution is 2.46. The predicted molar refractivity (Wildman–Crippen MR) is 240 cm³/mol. The minimum absolute atomic E-state index is 0.696. The Bertz CT molecular complexity index is 3830. The first-order chi connectivity index (χ1) is 28.3. The third-order valence-electron chi connectivity index (χ3n) is 11.8. The monoisotopic (exact) mass is 743 g/mol. The first kappa shape index (κ1) is 30.9. The molecule has 9 aromatic carbocycles. The molecule has 0 aliphatic rings. The second-order valence-corrected chi connectivity index (χ2v) is 15.9. The Balaban J connectivity index is 1.14. The molecule has 13 rings (SSSR count). The van der Waals surface area contributed by atoms with Crippen LogP contribution in [0, 0.1) is 0 Å². The third kappa shape index (κ3) is 4.37. The summed E-state index contributed by atoms with van der Waals surface area (Å²) in [5, 5.41) is 12.9. The van der Waals surface area contributed by atoms with Crippen molar-refractivity contribution in [3.8, 4) is 28.3 Å². The second kappa shape index (κ2) is 11.6.